The highest BCUT2D eigenvalue weighted by Crippen LogP contribution is 2.19. The third-order valence-corrected chi connectivity index (χ3v) is 3.64. The summed E-state index contributed by atoms with van der Waals surface area (Å²) in [5.41, 5.74) is 2.62. The third kappa shape index (κ3) is 3.68. The van der Waals surface area contributed by atoms with Crippen LogP contribution < -0.4 is 5.32 Å². The van der Waals surface area contributed by atoms with E-state index < -0.39 is 5.91 Å². The molecule has 3 rings (SSSR count). The Balaban J connectivity index is 1.80. The van der Waals surface area contributed by atoms with E-state index in [0.717, 1.165) is 16.9 Å². The second kappa shape index (κ2) is 6.39. The van der Waals surface area contributed by atoms with Crippen molar-refractivity contribution in [2.24, 2.45) is 0 Å². The van der Waals surface area contributed by atoms with Gasteiger partial charge in [-0.2, -0.15) is 5.10 Å². The van der Waals surface area contributed by atoms with Gasteiger partial charge >= 0.3 is 0 Å². The first kappa shape index (κ1) is 16.7. The Morgan fingerprint density at radius 3 is 2.64 bits per heavy atom. The van der Waals surface area contributed by atoms with Gasteiger partial charge in [0.25, 0.3) is 5.91 Å². The molecule has 0 saturated heterocycles. The van der Waals surface area contributed by atoms with Crippen molar-refractivity contribution >= 4 is 11.9 Å². The topological polar surface area (TPSA) is 98.5 Å². The molecule has 0 aliphatic heterocycles. The van der Waals surface area contributed by atoms with Gasteiger partial charge in [-0.15, -0.1) is 10.2 Å². The zero-order valence-electron chi connectivity index (χ0n) is 14.6. The van der Waals surface area contributed by atoms with Crippen molar-refractivity contribution in [3.63, 3.8) is 0 Å². The van der Waals surface area contributed by atoms with Gasteiger partial charge in [0.15, 0.2) is 5.69 Å². The average molecular weight is 337 g/mol. The molecule has 25 heavy (non-hydrogen) atoms. The second-order valence-corrected chi connectivity index (χ2v) is 6.70. The zero-order chi connectivity index (χ0) is 18.0. The molecule has 0 aliphatic carbocycles. The lowest BCUT2D eigenvalue weighted by Crippen LogP contribution is -2.19. The Bertz CT molecular complexity index is 911. The maximum absolute atomic E-state index is 12.4. The molecule has 128 valence electrons. The van der Waals surface area contributed by atoms with E-state index in [4.69, 9.17) is 0 Å². The van der Waals surface area contributed by atoms with Gasteiger partial charge in [0.1, 0.15) is 0 Å². The van der Waals surface area contributed by atoms with Crippen LogP contribution in [0.25, 0.3) is 5.69 Å². The molecule has 0 atom stereocenters. The normalized spacial score (nSPS) is 11.4. The Hall–Kier alpha value is -3.16. The van der Waals surface area contributed by atoms with Crippen molar-refractivity contribution < 1.29 is 4.79 Å². The van der Waals surface area contributed by atoms with Crippen LogP contribution in [0.1, 0.15) is 42.5 Å². The fourth-order valence-electron chi connectivity index (χ4n) is 2.19. The van der Waals surface area contributed by atoms with E-state index in [1.54, 1.807) is 17.1 Å². The van der Waals surface area contributed by atoms with Crippen LogP contribution >= 0.6 is 0 Å². The number of rotatable bonds is 3. The van der Waals surface area contributed by atoms with Crippen molar-refractivity contribution in [3.8, 4) is 5.69 Å². The molecule has 8 nitrogen and oxygen atoms in total. The van der Waals surface area contributed by atoms with Crippen molar-refractivity contribution in [2.45, 2.75) is 33.1 Å². The van der Waals surface area contributed by atoms with Gasteiger partial charge in [-0.05, 0) is 18.6 Å². The van der Waals surface area contributed by atoms with Gasteiger partial charge in [0, 0.05) is 5.41 Å². The van der Waals surface area contributed by atoms with E-state index in [2.05, 4.69) is 30.8 Å². The van der Waals surface area contributed by atoms with E-state index in [1.165, 1.54) is 0 Å². The molecule has 1 N–H and O–H groups in total. The fraction of sp³-hybridized carbons (Fsp3) is 0.294. The standard InChI is InChI=1S/C17H19N7O/c1-11-7-5-6-8-13(11)24-10-12(21-23-24)15(25)20-16-19-14(9-18-22-16)17(2,3)4/h5-10H,1-4H3,(H,19,20,22,25). The zero-order valence-corrected chi connectivity index (χ0v) is 14.6. The molecular weight excluding hydrogens is 318 g/mol. The number of aromatic nitrogens is 6. The third-order valence-electron chi connectivity index (χ3n) is 3.64. The molecule has 0 radical (unpaired) electrons. The molecule has 1 aromatic carbocycles. The number of para-hydroxylation sites is 1. The van der Waals surface area contributed by atoms with Crippen molar-refractivity contribution in [3.05, 3.63) is 53.6 Å². The summed E-state index contributed by atoms with van der Waals surface area (Å²) in [6.07, 6.45) is 3.16. The number of aryl methyl sites for hydroxylation is 1. The predicted molar refractivity (Wildman–Crippen MR) is 92.6 cm³/mol. The molecule has 0 saturated carbocycles. The summed E-state index contributed by atoms with van der Waals surface area (Å²) in [6.45, 7) is 8.00. The maximum atomic E-state index is 12.4. The van der Waals surface area contributed by atoms with Crippen molar-refractivity contribution in [1.29, 1.82) is 0 Å². The quantitative estimate of drug-likeness (QED) is 0.787. The summed E-state index contributed by atoms with van der Waals surface area (Å²) in [7, 11) is 0. The lowest BCUT2D eigenvalue weighted by Gasteiger charge is -2.16. The minimum Gasteiger partial charge on any atom is -0.288 e. The lowest BCUT2D eigenvalue weighted by molar-refractivity contribution is 0.102. The molecule has 2 heterocycles. The summed E-state index contributed by atoms with van der Waals surface area (Å²) >= 11 is 0. The monoisotopic (exact) mass is 337 g/mol. The van der Waals surface area contributed by atoms with Gasteiger partial charge < -0.3 is 0 Å². The van der Waals surface area contributed by atoms with Gasteiger partial charge in [-0.25, -0.2) is 9.67 Å². The van der Waals surface area contributed by atoms with Gasteiger partial charge in [-0.1, -0.05) is 44.2 Å². The van der Waals surface area contributed by atoms with Crippen LogP contribution in [0.2, 0.25) is 0 Å². The molecule has 3 aromatic rings. The smallest absolute Gasteiger partial charge is 0.280 e. The number of carbonyl (C=O) groups excluding carboxylic acids is 1. The highest BCUT2D eigenvalue weighted by atomic mass is 16.2. The summed E-state index contributed by atoms with van der Waals surface area (Å²) < 4.78 is 1.56. The van der Waals surface area contributed by atoms with E-state index in [1.807, 2.05) is 52.0 Å². The Morgan fingerprint density at radius 1 is 1.16 bits per heavy atom. The minimum absolute atomic E-state index is 0.142. The molecule has 0 aliphatic rings. The fourth-order valence-corrected chi connectivity index (χ4v) is 2.19. The number of nitrogens with one attached hydrogen (secondary N) is 1. The Kier molecular flexibility index (Phi) is 4.26. The lowest BCUT2D eigenvalue weighted by atomic mass is 9.93. The van der Waals surface area contributed by atoms with Crippen LogP contribution in [-0.2, 0) is 5.41 Å². The van der Waals surface area contributed by atoms with Gasteiger partial charge in [0.2, 0.25) is 5.95 Å². The molecule has 0 bridgehead atoms. The van der Waals surface area contributed by atoms with E-state index in [-0.39, 0.29) is 17.1 Å². The number of carbonyl (C=O) groups is 1. The summed E-state index contributed by atoms with van der Waals surface area (Å²) in [5, 5.41) is 18.3. The number of hydrogen-bond donors (Lipinski definition) is 1. The van der Waals surface area contributed by atoms with Crippen LogP contribution in [0, 0.1) is 6.92 Å². The predicted octanol–water partition coefficient (Wildman–Crippen LogP) is 2.31. The number of amides is 1. The molecule has 2 aromatic heterocycles. The van der Waals surface area contributed by atoms with E-state index in [0.29, 0.717) is 0 Å². The number of anilines is 1. The van der Waals surface area contributed by atoms with Crippen LogP contribution in [0.3, 0.4) is 0 Å². The van der Waals surface area contributed by atoms with Crippen LogP contribution in [0.15, 0.2) is 36.7 Å². The van der Waals surface area contributed by atoms with Gasteiger partial charge in [-0.3, -0.25) is 10.1 Å². The number of hydrogen-bond acceptors (Lipinski definition) is 6. The summed E-state index contributed by atoms with van der Waals surface area (Å²) in [4.78, 5) is 16.7. The molecule has 1 amide bonds. The first-order valence-corrected chi connectivity index (χ1v) is 7.84. The maximum Gasteiger partial charge on any atom is 0.280 e. The van der Waals surface area contributed by atoms with Crippen molar-refractivity contribution in [1.82, 2.24) is 30.2 Å². The highest BCUT2D eigenvalue weighted by molar-refractivity contribution is 6.01. The van der Waals surface area contributed by atoms with E-state index >= 15 is 0 Å². The number of nitrogens with zero attached hydrogens (tertiary/aromatic N) is 6. The summed E-state index contributed by atoms with van der Waals surface area (Å²) in [6, 6.07) is 7.72. The second-order valence-electron chi connectivity index (χ2n) is 6.70. The summed E-state index contributed by atoms with van der Waals surface area (Å²) in [5.74, 6) is -0.296. The molecular formula is C17H19N7O. The molecule has 8 heteroatoms. The van der Waals surface area contributed by atoms with Crippen LogP contribution in [0.4, 0.5) is 5.95 Å². The van der Waals surface area contributed by atoms with Crippen LogP contribution in [-0.4, -0.2) is 36.1 Å². The molecule has 0 spiro atoms. The van der Waals surface area contributed by atoms with E-state index in [9.17, 15) is 4.79 Å². The molecule has 0 unspecified atom stereocenters. The highest BCUT2D eigenvalue weighted by Gasteiger charge is 2.19. The van der Waals surface area contributed by atoms with Crippen molar-refractivity contribution in [2.75, 3.05) is 5.32 Å². The molecule has 0 fully saturated rings. The Morgan fingerprint density at radius 2 is 1.92 bits per heavy atom. The van der Waals surface area contributed by atoms with Gasteiger partial charge in [0.05, 0.1) is 23.8 Å². The van der Waals surface area contributed by atoms with Crippen LogP contribution in [0.5, 0.6) is 0 Å². The number of benzene rings is 1. The minimum atomic E-state index is -0.437. The first-order chi connectivity index (χ1) is 11.8. The Labute approximate surface area is 145 Å². The first-order valence-electron chi connectivity index (χ1n) is 7.84. The largest absolute Gasteiger partial charge is 0.288 e. The SMILES string of the molecule is Cc1ccccc1-n1cc(C(=O)Nc2nncc(C(C)(C)C)n2)nn1. The average Bonchev–Trinajstić information content (AvgIpc) is 3.04.